The van der Waals surface area contributed by atoms with E-state index in [0.717, 1.165) is 19.0 Å². The van der Waals surface area contributed by atoms with Gasteiger partial charge in [-0.25, -0.2) is 4.98 Å². The lowest BCUT2D eigenvalue weighted by Gasteiger charge is -2.22. The largest absolute Gasteiger partial charge is 0.490 e. The SMILES string of the molecule is CCOc1cc(C=Nn2c(CC)nc3ccc(Br)cc3c2=O)c(Br)c(Br)c1OCC(C)(C)C. The van der Waals surface area contributed by atoms with Crippen LogP contribution in [-0.4, -0.2) is 29.1 Å². The maximum Gasteiger partial charge on any atom is 0.282 e. The van der Waals surface area contributed by atoms with E-state index in [1.807, 2.05) is 32.0 Å². The molecule has 6 nitrogen and oxygen atoms in total. The molecule has 0 unspecified atom stereocenters. The molecule has 33 heavy (non-hydrogen) atoms. The second-order valence-corrected chi connectivity index (χ2v) is 11.1. The quantitative estimate of drug-likeness (QED) is 0.261. The molecule has 3 rings (SSSR count). The van der Waals surface area contributed by atoms with Crippen LogP contribution in [-0.2, 0) is 6.42 Å². The topological polar surface area (TPSA) is 65.7 Å². The van der Waals surface area contributed by atoms with Crippen LogP contribution in [0.5, 0.6) is 11.5 Å². The van der Waals surface area contributed by atoms with Gasteiger partial charge in [0.25, 0.3) is 5.56 Å². The number of benzene rings is 2. The van der Waals surface area contributed by atoms with E-state index in [2.05, 4.69) is 78.6 Å². The summed E-state index contributed by atoms with van der Waals surface area (Å²) in [6.07, 6.45) is 2.18. The summed E-state index contributed by atoms with van der Waals surface area (Å²) in [5.41, 5.74) is 1.15. The van der Waals surface area contributed by atoms with Gasteiger partial charge < -0.3 is 9.47 Å². The molecular formula is C24H26Br3N3O3. The lowest BCUT2D eigenvalue weighted by Crippen LogP contribution is -2.22. The number of fused-ring (bicyclic) bond motifs is 1. The predicted octanol–water partition coefficient (Wildman–Crippen LogP) is 6.95. The van der Waals surface area contributed by atoms with Crippen LogP contribution in [0, 0.1) is 5.41 Å². The van der Waals surface area contributed by atoms with Gasteiger partial charge in [-0.15, -0.1) is 0 Å². The van der Waals surface area contributed by atoms with Crippen LogP contribution >= 0.6 is 47.8 Å². The fourth-order valence-corrected chi connectivity index (χ4v) is 4.34. The van der Waals surface area contributed by atoms with Crippen molar-refractivity contribution < 1.29 is 9.47 Å². The summed E-state index contributed by atoms with van der Waals surface area (Å²) in [6.45, 7) is 11.2. The number of rotatable bonds is 7. The first-order chi connectivity index (χ1) is 15.6. The summed E-state index contributed by atoms with van der Waals surface area (Å²) in [7, 11) is 0. The first-order valence-corrected chi connectivity index (χ1v) is 13.0. The highest BCUT2D eigenvalue weighted by molar-refractivity contribution is 9.13. The fourth-order valence-electron chi connectivity index (χ4n) is 3.05. The summed E-state index contributed by atoms with van der Waals surface area (Å²) < 4.78 is 15.6. The lowest BCUT2D eigenvalue weighted by molar-refractivity contribution is 0.187. The monoisotopic (exact) mass is 641 g/mol. The molecule has 0 aliphatic rings. The molecule has 0 amide bonds. The summed E-state index contributed by atoms with van der Waals surface area (Å²) >= 11 is 10.7. The number of hydrogen-bond acceptors (Lipinski definition) is 5. The van der Waals surface area contributed by atoms with E-state index in [0.29, 0.717) is 47.9 Å². The Morgan fingerprint density at radius 2 is 1.82 bits per heavy atom. The zero-order valence-corrected chi connectivity index (χ0v) is 24.0. The minimum atomic E-state index is -0.222. The van der Waals surface area contributed by atoms with Gasteiger partial charge in [-0.3, -0.25) is 4.79 Å². The van der Waals surface area contributed by atoms with E-state index in [1.54, 1.807) is 12.3 Å². The zero-order valence-electron chi connectivity index (χ0n) is 19.2. The lowest BCUT2D eigenvalue weighted by atomic mass is 9.99. The second kappa shape index (κ2) is 10.7. The summed E-state index contributed by atoms with van der Waals surface area (Å²) in [5.74, 6) is 1.80. The van der Waals surface area contributed by atoms with Crippen LogP contribution in [0.2, 0.25) is 0 Å². The predicted molar refractivity (Wildman–Crippen MR) is 144 cm³/mol. The van der Waals surface area contributed by atoms with Crippen molar-refractivity contribution in [3.63, 3.8) is 0 Å². The van der Waals surface area contributed by atoms with Gasteiger partial charge in [-0.1, -0.05) is 43.6 Å². The molecule has 176 valence electrons. The minimum absolute atomic E-state index is 0.00860. The summed E-state index contributed by atoms with van der Waals surface area (Å²) in [4.78, 5) is 17.8. The highest BCUT2D eigenvalue weighted by atomic mass is 79.9. The molecule has 2 aromatic carbocycles. The molecule has 0 aliphatic carbocycles. The summed E-state index contributed by atoms with van der Waals surface area (Å²) in [5, 5.41) is 5.00. The van der Waals surface area contributed by atoms with Gasteiger partial charge in [0.05, 0.1) is 34.8 Å². The Labute approximate surface area is 218 Å². The number of aromatic nitrogens is 2. The molecule has 0 fully saturated rings. The fraction of sp³-hybridized carbons (Fsp3) is 0.375. The molecule has 0 saturated carbocycles. The van der Waals surface area contributed by atoms with Gasteiger partial charge in [0.1, 0.15) is 5.82 Å². The third-order valence-electron chi connectivity index (χ3n) is 4.61. The van der Waals surface area contributed by atoms with Gasteiger partial charge in [0, 0.05) is 20.9 Å². The Hall–Kier alpha value is -1.71. The number of ether oxygens (including phenoxy) is 2. The first-order valence-electron chi connectivity index (χ1n) is 10.6. The maximum absolute atomic E-state index is 13.2. The first kappa shape index (κ1) is 25.9. The second-order valence-electron chi connectivity index (χ2n) is 8.61. The Bertz CT molecular complexity index is 1260. The molecule has 1 heterocycles. The van der Waals surface area contributed by atoms with E-state index < -0.39 is 0 Å². The molecule has 1 aromatic heterocycles. The van der Waals surface area contributed by atoms with Crippen LogP contribution < -0.4 is 15.0 Å². The average Bonchev–Trinajstić information content (AvgIpc) is 2.75. The van der Waals surface area contributed by atoms with Crippen molar-refractivity contribution in [2.75, 3.05) is 13.2 Å². The van der Waals surface area contributed by atoms with Crippen LogP contribution in [0.25, 0.3) is 10.9 Å². The third kappa shape index (κ3) is 6.05. The molecular weight excluding hydrogens is 618 g/mol. The minimum Gasteiger partial charge on any atom is -0.490 e. The molecule has 9 heteroatoms. The van der Waals surface area contributed by atoms with Gasteiger partial charge in [-0.05, 0) is 68.5 Å². The maximum atomic E-state index is 13.2. The van der Waals surface area contributed by atoms with Crippen molar-refractivity contribution in [2.24, 2.45) is 10.5 Å². The molecule has 0 spiro atoms. The number of nitrogens with zero attached hydrogens (tertiary/aromatic N) is 3. The van der Waals surface area contributed by atoms with Crippen molar-refractivity contribution in [1.82, 2.24) is 9.66 Å². The van der Waals surface area contributed by atoms with E-state index in [1.165, 1.54) is 4.68 Å². The van der Waals surface area contributed by atoms with E-state index in [4.69, 9.17) is 9.47 Å². The normalized spacial score (nSPS) is 12.0. The molecule has 0 aliphatic heterocycles. The Kier molecular flexibility index (Phi) is 8.40. The van der Waals surface area contributed by atoms with Crippen molar-refractivity contribution in [1.29, 1.82) is 0 Å². The van der Waals surface area contributed by atoms with Crippen molar-refractivity contribution in [3.8, 4) is 11.5 Å². The van der Waals surface area contributed by atoms with Crippen LogP contribution in [0.3, 0.4) is 0 Å². The van der Waals surface area contributed by atoms with Crippen LogP contribution in [0.15, 0.2) is 47.6 Å². The van der Waals surface area contributed by atoms with Crippen molar-refractivity contribution in [2.45, 2.75) is 41.0 Å². The van der Waals surface area contributed by atoms with Crippen LogP contribution in [0.4, 0.5) is 0 Å². The van der Waals surface area contributed by atoms with Gasteiger partial charge >= 0.3 is 0 Å². The number of aryl methyl sites for hydroxylation is 1. The molecule has 3 aromatic rings. The van der Waals surface area contributed by atoms with Gasteiger partial charge in [-0.2, -0.15) is 9.78 Å². The molecule has 0 radical (unpaired) electrons. The zero-order chi connectivity index (χ0) is 24.3. The molecule has 0 N–H and O–H groups in total. The van der Waals surface area contributed by atoms with Crippen molar-refractivity contribution >= 4 is 64.9 Å². The Morgan fingerprint density at radius 1 is 1.09 bits per heavy atom. The number of halogens is 3. The highest BCUT2D eigenvalue weighted by Gasteiger charge is 2.20. The molecule has 0 bridgehead atoms. The number of hydrogen-bond donors (Lipinski definition) is 0. The standard InChI is InChI=1S/C24H26Br3N3O3/c1-6-19-29-17-9-8-15(25)11-16(17)23(31)30(19)28-12-14-10-18(32-7-2)22(21(27)20(14)26)33-13-24(3,4)5/h8-12H,6-7,13H2,1-5H3. The van der Waals surface area contributed by atoms with Gasteiger partial charge in [0.15, 0.2) is 11.5 Å². The van der Waals surface area contributed by atoms with E-state index in [-0.39, 0.29) is 11.0 Å². The van der Waals surface area contributed by atoms with Crippen LogP contribution in [0.1, 0.15) is 46.0 Å². The van der Waals surface area contributed by atoms with E-state index in [9.17, 15) is 4.79 Å². The highest BCUT2D eigenvalue weighted by Crippen LogP contribution is 2.43. The molecule has 0 atom stereocenters. The third-order valence-corrected chi connectivity index (χ3v) is 7.25. The molecule has 0 saturated heterocycles. The Morgan fingerprint density at radius 3 is 2.45 bits per heavy atom. The average molecular weight is 644 g/mol. The summed E-state index contributed by atoms with van der Waals surface area (Å²) in [6, 6.07) is 7.31. The Balaban J connectivity index is 2.09. The van der Waals surface area contributed by atoms with Crippen molar-refractivity contribution in [3.05, 3.63) is 59.4 Å². The smallest absolute Gasteiger partial charge is 0.282 e. The van der Waals surface area contributed by atoms with E-state index >= 15 is 0 Å². The van der Waals surface area contributed by atoms with Gasteiger partial charge in [0.2, 0.25) is 0 Å².